The lowest BCUT2D eigenvalue weighted by molar-refractivity contribution is -0.122. The number of halogens is 2. The highest BCUT2D eigenvalue weighted by Crippen LogP contribution is 2.27. The fourth-order valence-corrected chi connectivity index (χ4v) is 3.58. The summed E-state index contributed by atoms with van der Waals surface area (Å²) in [6.07, 6.45) is 1.42. The Kier molecular flexibility index (Phi) is 6.39. The smallest absolute Gasteiger partial charge is 0.335 e. The van der Waals surface area contributed by atoms with Crippen LogP contribution in [0.15, 0.2) is 82.8 Å². The van der Waals surface area contributed by atoms with E-state index in [2.05, 4.69) is 21.2 Å². The number of amides is 4. The van der Waals surface area contributed by atoms with Crippen LogP contribution in [0.2, 0.25) is 5.02 Å². The van der Waals surface area contributed by atoms with Crippen LogP contribution in [0.4, 0.5) is 10.5 Å². The fourth-order valence-electron chi connectivity index (χ4n) is 3.14. The number of barbiturate groups is 1. The van der Waals surface area contributed by atoms with Crippen molar-refractivity contribution < 1.29 is 19.1 Å². The second kappa shape index (κ2) is 9.38. The van der Waals surface area contributed by atoms with E-state index in [1.165, 1.54) is 12.1 Å². The molecule has 32 heavy (non-hydrogen) atoms. The third-order valence-corrected chi connectivity index (χ3v) is 5.46. The number of benzene rings is 3. The first-order chi connectivity index (χ1) is 15.4. The first-order valence-electron chi connectivity index (χ1n) is 9.55. The van der Waals surface area contributed by atoms with Gasteiger partial charge in [-0.15, -0.1) is 0 Å². The minimum Gasteiger partial charge on any atom is -0.488 e. The molecule has 6 nitrogen and oxygen atoms in total. The highest BCUT2D eigenvalue weighted by molar-refractivity contribution is 9.10. The molecule has 0 saturated carbocycles. The van der Waals surface area contributed by atoms with Crippen molar-refractivity contribution in [2.75, 3.05) is 4.90 Å². The van der Waals surface area contributed by atoms with Gasteiger partial charge in [0.05, 0.1) is 5.69 Å². The Labute approximate surface area is 197 Å². The van der Waals surface area contributed by atoms with Crippen molar-refractivity contribution in [3.8, 4) is 5.75 Å². The van der Waals surface area contributed by atoms with E-state index in [4.69, 9.17) is 16.3 Å². The topological polar surface area (TPSA) is 75.7 Å². The molecule has 160 valence electrons. The van der Waals surface area contributed by atoms with Gasteiger partial charge in [0, 0.05) is 15.1 Å². The van der Waals surface area contributed by atoms with E-state index in [-0.39, 0.29) is 11.3 Å². The Balaban J connectivity index is 1.63. The Bertz CT molecular complexity index is 1240. The zero-order chi connectivity index (χ0) is 22.7. The SMILES string of the molecule is O=C1NC(=O)N(c2cccc(Cl)c2)C(=O)/C1=C/c1ccccc1OCc1ccc(Br)cc1. The van der Waals surface area contributed by atoms with Gasteiger partial charge in [-0.3, -0.25) is 14.9 Å². The van der Waals surface area contributed by atoms with Crippen molar-refractivity contribution in [3.05, 3.63) is 99.0 Å². The largest absolute Gasteiger partial charge is 0.488 e. The summed E-state index contributed by atoms with van der Waals surface area (Å²) in [6.45, 7) is 0.306. The molecular formula is C24H16BrClN2O4. The maximum atomic E-state index is 13.1. The third kappa shape index (κ3) is 4.74. The van der Waals surface area contributed by atoms with Crippen LogP contribution in [0.5, 0.6) is 5.75 Å². The van der Waals surface area contributed by atoms with Crippen LogP contribution in [-0.4, -0.2) is 17.8 Å². The number of carbonyl (C=O) groups is 3. The van der Waals surface area contributed by atoms with Gasteiger partial charge in [0.25, 0.3) is 11.8 Å². The second-order valence-electron chi connectivity index (χ2n) is 6.89. The number of imide groups is 2. The number of ether oxygens (including phenoxy) is 1. The van der Waals surface area contributed by atoms with E-state index in [1.54, 1.807) is 42.5 Å². The quantitative estimate of drug-likeness (QED) is 0.370. The molecule has 1 fully saturated rings. The normalized spacial score (nSPS) is 15.1. The maximum Gasteiger partial charge on any atom is 0.335 e. The summed E-state index contributed by atoms with van der Waals surface area (Å²) in [6, 6.07) is 20.2. The number of anilines is 1. The Hall–Kier alpha value is -3.42. The number of nitrogens with one attached hydrogen (secondary N) is 1. The van der Waals surface area contributed by atoms with Gasteiger partial charge in [0.1, 0.15) is 17.9 Å². The maximum absolute atomic E-state index is 13.1. The summed E-state index contributed by atoms with van der Waals surface area (Å²) in [5, 5.41) is 2.56. The molecule has 8 heteroatoms. The predicted octanol–water partition coefficient (Wildman–Crippen LogP) is 5.35. The standard InChI is InChI=1S/C24H16BrClN2O4/c25-17-10-8-15(9-11-17)14-32-21-7-2-1-4-16(21)12-20-22(29)27-24(31)28(23(20)30)19-6-3-5-18(26)13-19/h1-13H,14H2,(H,27,29,31)/b20-12+. The fraction of sp³-hybridized carbons (Fsp3) is 0.0417. The average Bonchev–Trinajstić information content (AvgIpc) is 2.77. The molecule has 3 aromatic carbocycles. The molecule has 3 aromatic rings. The second-order valence-corrected chi connectivity index (χ2v) is 8.24. The van der Waals surface area contributed by atoms with E-state index in [0.717, 1.165) is 14.9 Å². The molecule has 0 atom stereocenters. The van der Waals surface area contributed by atoms with Gasteiger partial charge in [-0.2, -0.15) is 0 Å². The average molecular weight is 512 g/mol. The third-order valence-electron chi connectivity index (χ3n) is 4.69. The van der Waals surface area contributed by atoms with E-state index in [9.17, 15) is 14.4 Å². The van der Waals surface area contributed by atoms with Gasteiger partial charge in [-0.1, -0.05) is 63.9 Å². The molecule has 0 bridgehead atoms. The Morgan fingerprint density at radius 1 is 0.969 bits per heavy atom. The predicted molar refractivity (Wildman–Crippen MR) is 125 cm³/mol. The van der Waals surface area contributed by atoms with Gasteiger partial charge in [0.2, 0.25) is 0 Å². The number of hydrogen-bond donors (Lipinski definition) is 1. The molecule has 4 amide bonds. The van der Waals surface area contributed by atoms with Gasteiger partial charge in [0.15, 0.2) is 0 Å². The monoisotopic (exact) mass is 510 g/mol. The zero-order valence-electron chi connectivity index (χ0n) is 16.5. The van der Waals surface area contributed by atoms with Gasteiger partial charge in [-0.25, -0.2) is 9.69 Å². The van der Waals surface area contributed by atoms with Crippen molar-refractivity contribution in [2.24, 2.45) is 0 Å². The van der Waals surface area contributed by atoms with Crippen molar-refractivity contribution in [3.63, 3.8) is 0 Å². The van der Waals surface area contributed by atoms with Crippen LogP contribution in [0.25, 0.3) is 6.08 Å². The molecule has 0 unspecified atom stereocenters. The van der Waals surface area contributed by atoms with Crippen molar-refractivity contribution >= 4 is 57.1 Å². The Morgan fingerprint density at radius 2 is 1.72 bits per heavy atom. The summed E-state index contributed by atoms with van der Waals surface area (Å²) in [5.74, 6) is -1.03. The molecule has 0 spiro atoms. The molecule has 1 aliphatic heterocycles. The number of hydrogen-bond acceptors (Lipinski definition) is 4. The molecule has 0 aliphatic carbocycles. The van der Waals surface area contributed by atoms with Gasteiger partial charge < -0.3 is 4.74 Å². The molecule has 1 aliphatic rings. The summed E-state index contributed by atoms with van der Waals surface area (Å²) < 4.78 is 6.89. The van der Waals surface area contributed by atoms with Crippen molar-refractivity contribution in [1.29, 1.82) is 0 Å². The van der Waals surface area contributed by atoms with Gasteiger partial charge >= 0.3 is 6.03 Å². The number of carbonyl (C=O) groups excluding carboxylic acids is 3. The van der Waals surface area contributed by atoms with E-state index in [1.807, 2.05) is 24.3 Å². The summed E-state index contributed by atoms with van der Waals surface area (Å²) >= 11 is 9.39. The lowest BCUT2D eigenvalue weighted by Crippen LogP contribution is -2.54. The van der Waals surface area contributed by atoms with E-state index >= 15 is 0 Å². The van der Waals surface area contributed by atoms with Crippen LogP contribution >= 0.6 is 27.5 Å². The Morgan fingerprint density at radius 3 is 2.47 bits per heavy atom. The molecule has 1 N–H and O–H groups in total. The molecule has 1 heterocycles. The van der Waals surface area contributed by atoms with Crippen LogP contribution < -0.4 is 15.0 Å². The highest BCUT2D eigenvalue weighted by atomic mass is 79.9. The first-order valence-corrected chi connectivity index (χ1v) is 10.7. The number of para-hydroxylation sites is 1. The summed E-state index contributed by atoms with van der Waals surface area (Å²) in [5.41, 5.74) is 1.56. The van der Waals surface area contributed by atoms with E-state index < -0.39 is 17.8 Å². The number of nitrogens with zero attached hydrogens (tertiary/aromatic N) is 1. The van der Waals surface area contributed by atoms with Crippen LogP contribution in [0, 0.1) is 0 Å². The minimum absolute atomic E-state index is 0.190. The summed E-state index contributed by atoms with van der Waals surface area (Å²) in [4.78, 5) is 38.8. The highest BCUT2D eigenvalue weighted by Gasteiger charge is 2.37. The minimum atomic E-state index is -0.834. The molecular weight excluding hydrogens is 496 g/mol. The van der Waals surface area contributed by atoms with Crippen molar-refractivity contribution in [2.45, 2.75) is 6.61 Å². The lowest BCUT2D eigenvalue weighted by atomic mass is 10.1. The van der Waals surface area contributed by atoms with Crippen molar-refractivity contribution in [1.82, 2.24) is 5.32 Å². The summed E-state index contributed by atoms with van der Waals surface area (Å²) in [7, 11) is 0. The lowest BCUT2D eigenvalue weighted by Gasteiger charge is -2.26. The van der Waals surface area contributed by atoms with Crippen LogP contribution in [0.3, 0.4) is 0 Å². The first kappa shape index (κ1) is 21.8. The number of urea groups is 1. The van der Waals surface area contributed by atoms with Crippen LogP contribution in [0.1, 0.15) is 11.1 Å². The molecule has 1 saturated heterocycles. The zero-order valence-corrected chi connectivity index (χ0v) is 18.9. The number of rotatable bonds is 5. The molecule has 4 rings (SSSR count). The molecule has 0 aromatic heterocycles. The molecule has 0 radical (unpaired) electrons. The van der Waals surface area contributed by atoms with Crippen LogP contribution in [-0.2, 0) is 16.2 Å². The van der Waals surface area contributed by atoms with E-state index in [0.29, 0.717) is 22.9 Å². The van der Waals surface area contributed by atoms with Gasteiger partial charge in [-0.05, 0) is 48.0 Å².